The zero-order chi connectivity index (χ0) is 28.0. The van der Waals surface area contributed by atoms with Crippen LogP contribution in [0.15, 0.2) is 48.5 Å². The van der Waals surface area contributed by atoms with Crippen molar-refractivity contribution in [3.05, 3.63) is 70.8 Å². The van der Waals surface area contributed by atoms with Crippen LogP contribution in [0.5, 0.6) is 0 Å². The summed E-state index contributed by atoms with van der Waals surface area (Å²) in [5, 5.41) is 8.29. The highest BCUT2D eigenvalue weighted by atomic mass is 32.1. The largest absolute Gasteiger partial charge is 0.295 e. The quantitative estimate of drug-likeness (QED) is 0.118. The van der Waals surface area contributed by atoms with E-state index in [1.54, 1.807) is 0 Å². The minimum Gasteiger partial charge on any atom is -0.295 e. The van der Waals surface area contributed by atoms with Crippen LogP contribution >= 0.6 is 24.4 Å². The van der Waals surface area contributed by atoms with E-state index in [2.05, 4.69) is 64.1 Å². The van der Waals surface area contributed by atoms with Crippen LogP contribution < -0.4 is 0 Å². The molecule has 0 saturated heterocycles. The monoisotopic (exact) mass is 562 g/mol. The lowest BCUT2D eigenvalue weighted by Crippen LogP contribution is -2.46. The van der Waals surface area contributed by atoms with E-state index in [9.17, 15) is 9.59 Å². The number of hydrogen-bond acceptors (Lipinski definition) is 4. The van der Waals surface area contributed by atoms with Gasteiger partial charge in [-0.2, -0.15) is 0 Å². The van der Waals surface area contributed by atoms with Crippen molar-refractivity contribution < 1.29 is 9.59 Å². The second-order valence-corrected chi connectivity index (χ2v) is 11.8. The molecule has 0 spiro atoms. The number of thiocarbonyl (C=S) groups is 2. The first-order chi connectivity index (χ1) is 19.4. The molecule has 0 N–H and O–H groups in total. The number of carbonyl (C=O) groups is 2. The molecule has 0 bridgehead atoms. The highest BCUT2D eigenvalue weighted by Gasteiger charge is 2.37. The van der Waals surface area contributed by atoms with Crippen molar-refractivity contribution in [2.24, 2.45) is 0 Å². The van der Waals surface area contributed by atoms with Crippen molar-refractivity contribution in [2.75, 3.05) is 0 Å². The summed E-state index contributed by atoms with van der Waals surface area (Å²) in [6.45, 7) is 8.42. The van der Waals surface area contributed by atoms with Crippen molar-refractivity contribution in [1.29, 1.82) is 0 Å². The van der Waals surface area contributed by atoms with E-state index >= 15 is 0 Å². The normalized spacial score (nSPS) is 15.4. The molecule has 0 radical (unpaired) electrons. The molecule has 2 aliphatic heterocycles. The summed E-state index contributed by atoms with van der Waals surface area (Å²) in [5.74, 6) is -0.0215. The predicted molar refractivity (Wildman–Crippen MR) is 172 cm³/mol. The Morgan fingerprint density at radius 3 is 1.10 bits per heavy atom. The lowest BCUT2D eigenvalue weighted by molar-refractivity contribution is 0.0791. The Hall–Kier alpha value is -3.48. The van der Waals surface area contributed by atoms with Gasteiger partial charge in [0, 0.05) is 45.1 Å². The maximum atomic E-state index is 13.9. The molecular weight excluding hydrogens is 533 g/mol. The molecule has 0 aromatic heterocycles. The van der Waals surface area contributed by atoms with Crippen molar-refractivity contribution in [3.63, 3.8) is 0 Å². The summed E-state index contributed by atoms with van der Waals surface area (Å²) in [6, 6.07) is 16.7. The molecular formula is C34H30N2O2S2. The zero-order valence-electron chi connectivity index (χ0n) is 23.1. The molecule has 0 saturated carbocycles. The van der Waals surface area contributed by atoms with Crippen LogP contribution in [0.25, 0.3) is 43.1 Å². The molecule has 5 aromatic rings. The van der Waals surface area contributed by atoms with Crippen LogP contribution in [-0.4, -0.2) is 43.7 Å². The van der Waals surface area contributed by atoms with E-state index in [4.69, 9.17) is 24.4 Å². The number of rotatable bonds is 6. The summed E-state index contributed by atoms with van der Waals surface area (Å²) in [5.41, 5.74) is 3.32. The SMILES string of the molecule is CCC(CC)N1C(=O)c2ccc3c4ccc5c6c(ccc(c7ccc(c2c37)C1=S)c64)C(=S)N(C(CC)CC)C5=O. The van der Waals surface area contributed by atoms with Gasteiger partial charge in [-0.05, 0) is 70.1 Å². The van der Waals surface area contributed by atoms with Crippen LogP contribution in [0.1, 0.15) is 85.2 Å². The first kappa shape index (κ1) is 25.5. The number of nitrogens with zero attached hydrogens (tertiary/aromatic N) is 2. The fourth-order valence-corrected chi connectivity index (χ4v) is 8.08. The molecule has 200 valence electrons. The molecule has 0 aliphatic carbocycles. The second kappa shape index (κ2) is 9.02. The van der Waals surface area contributed by atoms with Gasteiger partial charge < -0.3 is 0 Å². The molecule has 2 aliphatic rings. The van der Waals surface area contributed by atoms with Crippen molar-refractivity contribution in [3.8, 4) is 0 Å². The van der Waals surface area contributed by atoms with Crippen LogP contribution in [0.2, 0.25) is 0 Å². The minimum atomic E-state index is -0.0108. The molecule has 2 heterocycles. The van der Waals surface area contributed by atoms with Gasteiger partial charge in [-0.15, -0.1) is 0 Å². The fourth-order valence-electron chi connectivity index (χ4n) is 7.28. The highest BCUT2D eigenvalue weighted by molar-refractivity contribution is 7.81. The highest BCUT2D eigenvalue weighted by Crippen LogP contribution is 2.47. The van der Waals surface area contributed by atoms with Crippen molar-refractivity contribution in [1.82, 2.24) is 9.80 Å². The minimum absolute atomic E-state index is 0.0108. The van der Waals surface area contributed by atoms with Gasteiger partial charge in [-0.1, -0.05) is 88.5 Å². The smallest absolute Gasteiger partial charge is 0.259 e. The van der Waals surface area contributed by atoms with E-state index in [1.165, 1.54) is 0 Å². The Bertz CT molecular complexity index is 1690. The first-order valence-corrected chi connectivity index (χ1v) is 15.1. The van der Waals surface area contributed by atoms with Gasteiger partial charge in [0.2, 0.25) is 0 Å². The maximum absolute atomic E-state index is 13.9. The molecule has 40 heavy (non-hydrogen) atoms. The molecule has 7 rings (SSSR count). The molecule has 5 aromatic carbocycles. The van der Waals surface area contributed by atoms with E-state index in [0.29, 0.717) is 21.1 Å². The number of fused-ring (bicyclic) bond motifs is 2. The molecule has 6 heteroatoms. The summed E-state index contributed by atoms with van der Waals surface area (Å²) in [7, 11) is 0. The lowest BCUT2D eigenvalue weighted by Gasteiger charge is -2.36. The van der Waals surface area contributed by atoms with Gasteiger partial charge in [-0.25, -0.2) is 0 Å². The fraction of sp³-hybridized carbons (Fsp3) is 0.294. The Kier molecular flexibility index (Phi) is 5.74. The second-order valence-electron chi connectivity index (χ2n) is 11.0. The van der Waals surface area contributed by atoms with Gasteiger partial charge >= 0.3 is 0 Å². The molecule has 4 nitrogen and oxygen atoms in total. The third-order valence-corrected chi connectivity index (χ3v) is 10.1. The Morgan fingerprint density at radius 2 is 0.800 bits per heavy atom. The third-order valence-electron chi connectivity index (χ3n) is 9.31. The Morgan fingerprint density at radius 1 is 0.500 bits per heavy atom. The number of amides is 2. The summed E-state index contributed by atoms with van der Waals surface area (Å²) in [6.07, 6.45) is 3.41. The predicted octanol–water partition coefficient (Wildman–Crippen LogP) is 8.38. The molecule has 0 fully saturated rings. The van der Waals surface area contributed by atoms with E-state index in [1.807, 2.05) is 21.9 Å². The Balaban J connectivity index is 1.56. The molecule has 0 unspecified atom stereocenters. The summed E-state index contributed by atoms with van der Waals surface area (Å²) < 4.78 is 0. The first-order valence-electron chi connectivity index (χ1n) is 14.3. The molecule has 2 amide bonds. The van der Waals surface area contributed by atoms with Crippen LogP contribution in [-0.2, 0) is 0 Å². The van der Waals surface area contributed by atoms with Gasteiger partial charge in [0.15, 0.2) is 0 Å². The standard InChI is InChI=1S/C34H30N2O2S2/c1-5-17(6-2)35-31(37)23-13-9-19-20-10-14-24-30-26(34(40)36(32(24)38)18(7-3)8-4)16-12-22(28(20)30)21-11-15-25(33(35)39)29(23)27(19)21/h9-18H,5-8H2,1-4H3. The lowest BCUT2D eigenvalue weighted by atomic mass is 9.82. The average Bonchev–Trinajstić information content (AvgIpc) is 2.98. The van der Waals surface area contributed by atoms with Crippen molar-refractivity contribution in [2.45, 2.75) is 65.5 Å². The number of carbonyl (C=O) groups excluding carboxylic acids is 2. The van der Waals surface area contributed by atoms with E-state index in [0.717, 1.165) is 79.9 Å². The summed E-state index contributed by atoms with van der Waals surface area (Å²) >= 11 is 11.9. The van der Waals surface area contributed by atoms with Gasteiger partial charge in [-0.3, -0.25) is 19.4 Å². The van der Waals surface area contributed by atoms with Gasteiger partial charge in [0.05, 0.1) is 0 Å². The van der Waals surface area contributed by atoms with E-state index < -0.39 is 0 Å². The third kappa shape index (κ3) is 3.06. The van der Waals surface area contributed by atoms with Crippen molar-refractivity contribution >= 4 is 89.3 Å². The topological polar surface area (TPSA) is 40.6 Å². The maximum Gasteiger partial charge on any atom is 0.259 e. The molecule has 0 atom stereocenters. The van der Waals surface area contributed by atoms with Gasteiger partial charge in [0.25, 0.3) is 11.8 Å². The number of hydrogen-bond donors (Lipinski definition) is 0. The van der Waals surface area contributed by atoms with Crippen LogP contribution in [0.3, 0.4) is 0 Å². The van der Waals surface area contributed by atoms with Crippen LogP contribution in [0.4, 0.5) is 0 Å². The Labute approximate surface area is 244 Å². The number of benzene rings is 5. The average molecular weight is 563 g/mol. The van der Waals surface area contributed by atoms with E-state index in [-0.39, 0.29) is 23.9 Å². The van der Waals surface area contributed by atoms with Crippen LogP contribution in [0, 0.1) is 0 Å². The summed E-state index contributed by atoms with van der Waals surface area (Å²) in [4.78, 5) is 32.6. The zero-order valence-corrected chi connectivity index (χ0v) is 24.8. The van der Waals surface area contributed by atoms with Gasteiger partial charge in [0.1, 0.15) is 9.98 Å².